The van der Waals surface area contributed by atoms with Gasteiger partial charge in [0.15, 0.2) is 0 Å². The normalized spacial score (nSPS) is 16.0. The Bertz CT molecular complexity index is 1130. The van der Waals surface area contributed by atoms with Gasteiger partial charge >= 0.3 is 0 Å². The highest BCUT2D eigenvalue weighted by atomic mass is 32.2. The number of thioether (sulfide) groups is 1. The van der Waals surface area contributed by atoms with Crippen LogP contribution in [0.15, 0.2) is 52.0 Å². The maximum Gasteiger partial charge on any atom is 0.263 e. The monoisotopic (exact) mass is 424 g/mol. The van der Waals surface area contributed by atoms with Gasteiger partial charge in [0, 0.05) is 29.4 Å². The van der Waals surface area contributed by atoms with Crippen molar-refractivity contribution in [1.29, 1.82) is 0 Å². The summed E-state index contributed by atoms with van der Waals surface area (Å²) in [5.74, 6) is 0.388. The summed E-state index contributed by atoms with van der Waals surface area (Å²) < 4.78 is 12.3. The number of hydrogen-bond donors (Lipinski definition) is 1. The number of benzene rings is 1. The van der Waals surface area contributed by atoms with E-state index in [1.54, 1.807) is 18.5 Å². The van der Waals surface area contributed by atoms with Crippen molar-refractivity contribution in [3.8, 4) is 11.1 Å². The summed E-state index contributed by atoms with van der Waals surface area (Å²) in [5.41, 5.74) is 3.57. The molecule has 5 nitrogen and oxygen atoms in total. The summed E-state index contributed by atoms with van der Waals surface area (Å²) in [5, 5.41) is 3.48. The van der Waals surface area contributed by atoms with Gasteiger partial charge in [0.2, 0.25) is 0 Å². The third-order valence-corrected chi connectivity index (χ3v) is 5.46. The summed E-state index contributed by atoms with van der Waals surface area (Å²) in [6.45, 7) is 6.68. The van der Waals surface area contributed by atoms with Crippen molar-refractivity contribution < 1.29 is 13.9 Å². The van der Waals surface area contributed by atoms with Crippen LogP contribution in [0.25, 0.3) is 28.2 Å². The van der Waals surface area contributed by atoms with Crippen LogP contribution in [-0.2, 0) is 16.1 Å². The number of thiocarbonyl (C=S) groups is 1. The third kappa shape index (κ3) is 4.58. The first kappa shape index (κ1) is 19.8. The lowest BCUT2D eigenvalue weighted by molar-refractivity contribution is -0.115. The van der Waals surface area contributed by atoms with Crippen LogP contribution < -0.4 is 5.32 Å². The first-order valence-electron chi connectivity index (χ1n) is 9.14. The zero-order valence-electron chi connectivity index (χ0n) is 16.3. The summed E-state index contributed by atoms with van der Waals surface area (Å²) in [4.78, 5) is 16.7. The molecule has 29 heavy (non-hydrogen) atoms. The number of carbonyl (C=O) groups excluding carboxylic acids is 1. The number of amides is 1. The highest BCUT2D eigenvalue weighted by Gasteiger charge is 2.23. The van der Waals surface area contributed by atoms with Crippen molar-refractivity contribution in [3.05, 3.63) is 59.0 Å². The molecule has 1 aliphatic heterocycles. The number of carbonyl (C=O) groups is 1. The van der Waals surface area contributed by atoms with Crippen molar-refractivity contribution in [2.75, 3.05) is 0 Å². The molecule has 148 valence electrons. The Morgan fingerprint density at radius 2 is 2.00 bits per heavy atom. The molecular weight excluding hydrogens is 404 g/mol. The van der Waals surface area contributed by atoms with Gasteiger partial charge in [-0.2, -0.15) is 0 Å². The van der Waals surface area contributed by atoms with E-state index in [4.69, 9.17) is 21.4 Å². The molecule has 2 aromatic heterocycles. The summed E-state index contributed by atoms with van der Waals surface area (Å²) in [6, 6.07) is 10.0. The zero-order valence-corrected chi connectivity index (χ0v) is 17.9. The van der Waals surface area contributed by atoms with E-state index in [0.29, 0.717) is 21.6 Å². The van der Waals surface area contributed by atoms with Gasteiger partial charge in [-0.05, 0) is 38.0 Å². The summed E-state index contributed by atoms with van der Waals surface area (Å²) in [7, 11) is 0. The number of nitrogens with one attached hydrogen (secondary N) is 1. The maximum atomic E-state index is 11.9. The SMILES string of the molecule is CC(C)(C)OCc1ccc(-c2cncc3cc(/C=C4\SC(=S)NC4=O)oc23)cc1. The number of aromatic nitrogens is 1. The minimum absolute atomic E-state index is 0.175. The topological polar surface area (TPSA) is 64.4 Å². The fourth-order valence-corrected chi connectivity index (χ4v) is 3.91. The summed E-state index contributed by atoms with van der Waals surface area (Å²) in [6.07, 6.45) is 5.24. The van der Waals surface area contributed by atoms with E-state index in [1.807, 2.05) is 51.1 Å². The molecule has 0 unspecified atom stereocenters. The minimum Gasteiger partial charge on any atom is -0.456 e. The van der Waals surface area contributed by atoms with Crippen LogP contribution in [0.4, 0.5) is 0 Å². The number of ether oxygens (including phenoxy) is 1. The second-order valence-electron chi connectivity index (χ2n) is 7.70. The number of nitrogens with zero attached hydrogens (tertiary/aromatic N) is 1. The number of hydrogen-bond acceptors (Lipinski definition) is 6. The van der Waals surface area contributed by atoms with Crippen LogP contribution in [0.3, 0.4) is 0 Å². The Labute approximate surface area is 178 Å². The Kier molecular flexibility index (Phi) is 5.29. The van der Waals surface area contributed by atoms with Crippen molar-refractivity contribution in [3.63, 3.8) is 0 Å². The Balaban J connectivity index is 1.63. The molecule has 0 saturated carbocycles. The van der Waals surface area contributed by atoms with Crippen molar-refractivity contribution >= 4 is 51.3 Å². The molecule has 0 spiro atoms. The first-order chi connectivity index (χ1) is 13.8. The van der Waals surface area contributed by atoms with Crippen LogP contribution >= 0.6 is 24.0 Å². The van der Waals surface area contributed by atoms with Gasteiger partial charge in [-0.3, -0.25) is 9.78 Å². The zero-order chi connectivity index (χ0) is 20.6. The van der Waals surface area contributed by atoms with Crippen molar-refractivity contribution in [2.45, 2.75) is 33.0 Å². The molecule has 3 heterocycles. The number of pyridine rings is 1. The Hall–Kier alpha value is -2.48. The van der Waals surface area contributed by atoms with Gasteiger partial charge in [-0.25, -0.2) is 0 Å². The molecule has 1 aromatic carbocycles. The van der Waals surface area contributed by atoms with E-state index in [2.05, 4.69) is 10.3 Å². The maximum absolute atomic E-state index is 11.9. The average Bonchev–Trinajstić information content (AvgIpc) is 3.21. The van der Waals surface area contributed by atoms with E-state index < -0.39 is 0 Å². The van der Waals surface area contributed by atoms with E-state index in [0.717, 1.165) is 27.7 Å². The standard InChI is InChI=1S/C22H20N2O3S2/c1-22(2,3)26-12-13-4-6-14(7-5-13)17-11-23-10-15-8-16(27-19(15)17)9-18-20(25)24-21(28)29-18/h4-11H,12H2,1-3H3,(H,24,25,28)/b18-9-. The highest BCUT2D eigenvalue weighted by molar-refractivity contribution is 8.26. The lowest BCUT2D eigenvalue weighted by Gasteiger charge is -2.19. The number of rotatable bonds is 4. The average molecular weight is 425 g/mol. The molecule has 0 bridgehead atoms. The van der Waals surface area contributed by atoms with Crippen LogP contribution in [0.2, 0.25) is 0 Å². The lowest BCUT2D eigenvalue weighted by atomic mass is 10.0. The van der Waals surface area contributed by atoms with Crippen LogP contribution in [0, 0.1) is 0 Å². The van der Waals surface area contributed by atoms with Gasteiger partial charge in [-0.1, -0.05) is 48.2 Å². The Morgan fingerprint density at radius 1 is 1.24 bits per heavy atom. The highest BCUT2D eigenvalue weighted by Crippen LogP contribution is 2.33. The molecule has 7 heteroatoms. The predicted octanol–water partition coefficient (Wildman–Crippen LogP) is 5.30. The molecule has 3 aromatic rings. The fourth-order valence-electron chi connectivity index (χ4n) is 2.89. The van der Waals surface area contributed by atoms with Crippen LogP contribution in [0.1, 0.15) is 32.1 Å². The van der Waals surface area contributed by atoms with Gasteiger partial charge < -0.3 is 14.5 Å². The molecule has 1 amide bonds. The number of furan rings is 1. The number of fused-ring (bicyclic) bond motifs is 1. The molecule has 1 aliphatic rings. The minimum atomic E-state index is -0.202. The fraction of sp³-hybridized carbons (Fsp3) is 0.227. The second kappa shape index (κ2) is 7.74. The molecule has 1 fully saturated rings. The molecule has 0 aliphatic carbocycles. The molecular formula is C22H20N2O3S2. The Morgan fingerprint density at radius 3 is 2.66 bits per heavy atom. The van der Waals surface area contributed by atoms with Gasteiger partial charge in [0.1, 0.15) is 15.7 Å². The molecule has 0 radical (unpaired) electrons. The van der Waals surface area contributed by atoms with E-state index in [-0.39, 0.29) is 11.5 Å². The lowest BCUT2D eigenvalue weighted by Crippen LogP contribution is -2.18. The van der Waals surface area contributed by atoms with Gasteiger partial charge in [0.25, 0.3) is 5.91 Å². The molecule has 0 atom stereocenters. The summed E-state index contributed by atoms with van der Waals surface area (Å²) >= 11 is 6.26. The smallest absolute Gasteiger partial charge is 0.263 e. The largest absolute Gasteiger partial charge is 0.456 e. The van der Waals surface area contributed by atoms with Gasteiger partial charge in [0.05, 0.1) is 17.1 Å². The van der Waals surface area contributed by atoms with Gasteiger partial charge in [-0.15, -0.1) is 0 Å². The first-order valence-corrected chi connectivity index (χ1v) is 10.4. The molecule has 1 saturated heterocycles. The predicted molar refractivity (Wildman–Crippen MR) is 120 cm³/mol. The van der Waals surface area contributed by atoms with E-state index in [1.165, 1.54) is 11.8 Å². The second-order valence-corrected chi connectivity index (χ2v) is 9.42. The van der Waals surface area contributed by atoms with Crippen molar-refractivity contribution in [2.24, 2.45) is 0 Å². The molecule has 1 N–H and O–H groups in total. The van der Waals surface area contributed by atoms with E-state index >= 15 is 0 Å². The van der Waals surface area contributed by atoms with E-state index in [9.17, 15) is 4.79 Å². The van der Waals surface area contributed by atoms with Crippen LogP contribution in [-0.4, -0.2) is 20.8 Å². The van der Waals surface area contributed by atoms with Crippen LogP contribution in [0.5, 0.6) is 0 Å². The quantitative estimate of drug-likeness (QED) is 0.453. The molecule has 4 rings (SSSR count). The third-order valence-electron chi connectivity index (χ3n) is 4.29. The van der Waals surface area contributed by atoms with Crippen molar-refractivity contribution in [1.82, 2.24) is 10.3 Å².